The minimum Gasteiger partial charge on any atom is -0.375 e. The SMILES string of the molecule is C=C(/N=C\C=C/C)[C@]1(CCNCCc2ccccc2F)CCOC2(CCCC2)C1. The van der Waals surface area contributed by atoms with Crippen LogP contribution in [0, 0.1) is 11.2 Å². The largest absolute Gasteiger partial charge is 0.375 e. The van der Waals surface area contributed by atoms with E-state index in [-0.39, 0.29) is 16.8 Å². The topological polar surface area (TPSA) is 33.6 Å². The van der Waals surface area contributed by atoms with Crippen LogP contribution in [-0.4, -0.2) is 31.5 Å². The third-order valence-corrected chi connectivity index (χ3v) is 6.59. The fourth-order valence-corrected chi connectivity index (χ4v) is 4.90. The number of allylic oxidation sites excluding steroid dienone is 3. The van der Waals surface area contributed by atoms with Crippen LogP contribution in [0.1, 0.15) is 57.4 Å². The van der Waals surface area contributed by atoms with Crippen molar-refractivity contribution in [2.45, 2.75) is 63.9 Å². The Balaban J connectivity index is 1.60. The van der Waals surface area contributed by atoms with Crippen molar-refractivity contribution in [3.8, 4) is 0 Å². The summed E-state index contributed by atoms with van der Waals surface area (Å²) in [5.41, 5.74) is 1.74. The number of nitrogens with zero attached hydrogens (tertiary/aromatic N) is 1. The zero-order valence-electron chi connectivity index (χ0n) is 17.8. The first-order valence-corrected chi connectivity index (χ1v) is 11.0. The fraction of sp³-hybridized carbons (Fsp3) is 0.560. The molecule has 0 unspecified atom stereocenters. The Kier molecular flexibility index (Phi) is 7.79. The van der Waals surface area contributed by atoms with Crippen molar-refractivity contribution in [1.29, 1.82) is 0 Å². The Labute approximate surface area is 175 Å². The lowest BCUT2D eigenvalue weighted by Crippen LogP contribution is -2.45. The minimum atomic E-state index is -0.120. The predicted octanol–water partition coefficient (Wildman–Crippen LogP) is 5.62. The van der Waals surface area contributed by atoms with Gasteiger partial charge < -0.3 is 10.1 Å². The lowest BCUT2D eigenvalue weighted by Gasteiger charge is -2.47. The fourth-order valence-electron chi connectivity index (χ4n) is 4.90. The van der Waals surface area contributed by atoms with E-state index in [0.717, 1.165) is 63.1 Å². The van der Waals surface area contributed by atoms with Gasteiger partial charge >= 0.3 is 0 Å². The van der Waals surface area contributed by atoms with E-state index in [1.165, 1.54) is 18.9 Å². The van der Waals surface area contributed by atoms with Crippen LogP contribution in [0.25, 0.3) is 0 Å². The average Bonchev–Trinajstić information content (AvgIpc) is 3.16. The lowest BCUT2D eigenvalue weighted by molar-refractivity contribution is -0.115. The van der Waals surface area contributed by atoms with E-state index in [1.807, 2.05) is 37.4 Å². The summed E-state index contributed by atoms with van der Waals surface area (Å²) in [5, 5.41) is 3.52. The molecule has 1 aromatic carbocycles. The Hall–Kier alpha value is -1.78. The van der Waals surface area contributed by atoms with Crippen molar-refractivity contribution in [1.82, 2.24) is 5.32 Å². The molecule has 3 rings (SSSR count). The zero-order chi connectivity index (χ0) is 20.6. The van der Waals surface area contributed by atoms with Gasteiger partial charge in [0, 0.05) is 23.9 Å². The highest BCUT2D eigenvalue weighted by Crippen LogP contribution is 2.52. The molecule has 4 heteroatoms. The molecule has 0 radical (unpaired) electrons. The summed E-state index contributed by atoms with van der Waals surface area (Å²) in [4.78, 5) is 4.68. The maximum absolute atomic E-state index is 13.8. The molecule has 1 aromatic rings. The smallest absolute Gasteiger partial charge is 0.126 e. The monoisotopic (exact) mass is 398 g/mol. The van der Waals surface area contributed by atoms with Crippen LogP contribution < -0.4 is 5.32 Å². The normalized spacial score (nSPS) is 24.1. The molecule has 0 amide bonds. The van der Waals surface area contributed by atoms with Crippen LogP contribution in [0.3, 0.4) is 0 Å². The molecule has 1 spiro atoms. The highest BCUT2D eigenvalue weighted by atomic mass is 19.1. The van der Waals surface area contributed by atoms with E-state index in [9.17, 15) is 4.39 Å². The number of ether oxygens (including phenoxy) is 1. The van der Waals surface area contributed by atoms with Crippen LogP contribution in [0.5, 0.6) is 0 Å². The first-order chi connectivity index (χ1) is 14.1. The average molecular weight is 399 g/mol. The first-order valence-electron chi connectivity index (χ1n) is 11.0. The molecule has 1 atom stereocenters. The third-order valence-electron chi connectivity index (χ3n) is 6.59. The second-order valence-electron chi connectivity index (χ2n) is 8.54. The number of rotatable bonds is 9. The highest BCUT2D eigenvalue weighted by Gasteiger charge is 2.48. The molecular weight excluding hydrogens is 363 g/mol. The van der Waals surface area contributed by atoms with E-state index in [2.05, 4.69) is 16.9 Å². The molecule has 1 heterocycles. The summed E-state index contributed by atoms with van der Waals surface area (Å²) in [6.07, 6.45) is 14.3. The second-order valence-corrected chi connectivity index (χ2v) is 8.54. The molecule has 3 nitrogen and oxygen atoms in total. The number of aliphatic imine (C=N–C) groups is 1. The van der Waals surface area contributed by atoms with Gasteiger partial charge in [0.1, 0.15) is 5.82 Å². The number of nitrogens with one attached hydrogen (secondary N) is 1. The number of hydrogen-bond acceptors (Lipinski definition) is 3. The van der Waals surface area contributed by atoms with Gasteiger partial charge in [-0.05, 0) is 76.2 Å². The molecular formula is C25H35FN2O. The van der Waals surface area contributed by atoms with Gasteiger partial charge in [-0.15, -0.1) is 0 Å². The van der Waals surface area contributed by atoms with Gasteiger partial charge in [-0.2, -0.15) is 0 Å². The maximum atomic E-state index is 13.8. The van der Waals surface area contributed by atoms with Crippen LogP contribution in [0.2, 0.25) is 0 Å². The van der Waals surface area contributed by atoms with E-state index in [4.69, 9.17) is 4.74 Å². The maximum Gasteiger partial charge on any atom is 0.126 e. The molecule has 0 aromatic heterocycles. The molecule has 1 N–H and O–H groups in total. The van der Waals surface area contributed by atoms with Crippen molar-refractivity contribution in [3.63, 3.8) is 0 Å². The van der Waals surface area contributed by atoms with Gasteiger partial charge in [-0.1, -0.05) is 43.7 Å². The van der Waals surface area contributed by atoms with Crippen molar-refractivity contribution in [2.24, 2.45) is 10.4 Å². The molecule has 29 heavy (non-hydrogen) atoms. The van der Waals surface area contributed by atoms with E-state index in [1.54, 1.807) is 6.07 Å². The van der Waals surface area contributed by atoms with E-state index >= 15 is 0 Å². The second kappa shape index (κ2) is 10.3. The quantitative estimate of drug-likeness (QED) is 0.433. The van der Waals surface area contributed by atoms with Crippen molar-refractivity contribution in [2.75, 3.05) is 19.7 Å². The van der Waals surface area contributed by atoms with E-state index < -0.39 is 0 Å². The summed E-state index contributed by atoms with van der Waals surface area (Å²) in [6, 6.07) is 7.02. The van der Waals surface area contributed by atoms with Gasteiger partial charge in [0.05, 0.1) is 5.60 Å². The summed E-state index contributed by atoms with van der Waals surface area (Å²) >= 11 is 0. The summed E-state index contributed by atoms with van der Waals surface area (Å²) in [7, 11) is 0. The third kappa shape index (κ3) is 5.64. The van der Waals surface area contributed by atoms with Crippen LogP contribution in [0.15, 0.2) is 53.7 Å². The summed E-state index contributed by atoms with van der Waals surface area (Å²) in [6.45, 7) is 8.80. The zero-order valence-corrected chi connectivity index (χ0v) is 17.8. The number of benzene rings is 1. The standard InChI is InChI=1S/C25H35FN2O/c1-3-4-16-28-21(2)24(15-19-29-25(20-24)12-7-8-13-25)14-18-27-17-11-22-9-5-6-10-23(22)26/h3-6,9-10,16,27H,2,7-8,11-15,17-20H2,1H3/b4-3-,28-16-/t24-/m1/s1. The van der Waals surface area contributed by atoms with Crippen molar-refractivity contribution >= 4 is 6.21 Å². The lowest BCUT2D eigenvalue weighted by atomic mass is 9.68. The van der Waals surface area contributed by atoms with Gasteiger partial charge in [-0.3, -0.25) is 4.99 Å². The number of halogens is 1. The van der Waals surface area contributed by atoms with Crippen molar-refractivity contribution < 1.29 is 9.13 Å². The predicted molar refractivity (Wildman–Crippen MR) is 119 cm³/mol. The van der Waals surface area contributed by atoms with Gasteiger partial charge in [0.15, 0.2) is 0 Å². The first kappa shape index (κ1) is 21.9. The Morgan fingerprint density at radius 2 is 2.03 bits per heavy atom. The van der Waals surface area contributed by atoms with Gasteiger partial charge in [-0.25, -0.2) is 4.39 Å². The number of hydrogen-bond donors (Lipinski definition) is 1. The Morgan fingerprint density at radius 3 is 2.79 bits per heavy atom. The molecule has 2 fully saturated rings. The van der Waals surface area contributed by atoms with Crippen LogP contribution in [-0.2, 0) is 11.2 Å². The Morgan fingerprint density at radius 1 is 1.24 bits per heavy atom. The van der Waals surface area contributed by atoms with Gasteiger partial charge in [0.25, 0.3) is 0 Å². The van der Waals surface area contributed by atoms with Crippen molar-refractivity contribution in [3.05, 3.63) is 60.1 Å². The highest BCUT2D eigenvalue weighted by molar-refractivity contribution is 5.72. The Bertz CT molecular complexity index is 736. The van der Waals surface area contributed by atoms with Crippen LogP contribution in [0.4, 0.5) is 4.39 Å². The molecule has 158 valence electrons. The summed E-state index contributed by atoms with van der Waals surface area (Å²) in [5.74, 6) is -0.120. The van der Waals surface area contributed by atoms with E-state index in [0.29, 0.717) is 6.42 Å². The molecule has 0 bridgehead atoms. The van der Waals surface area contributed by atoms with Crippen LogP contribution >= 0.6 is 0 Å². The molecule has 1 saturated heterocycles. The summed E-state index contributed by atoms with van der Waals surface area (Å²) < 4.78 is 20.1. The minimum absolute atomic E-state index is 0.0183. The molecule has 1 saturated carbocycles. The molecule has 2 aliphatic rings. The molecule has 1 aliphatic carbocycles. The van der Waals surface area contributed by atoms with Gasteiger partial charge in [0.2, 0.25) is 0 Å². The molecule has 1 aliphatic heterocycles.